The zero-order valence-electron chi connectivity index (χ0n) is 9.55. The van der Waals surface area contributed by atoms with Crippen LogP contribution in [0.3, 0.4) is 0 Å². The van der Waals surface area contributed by atoms with Crippen LogP contribution in [0.25, 0.3) is 0 Å². The molecule has 1 aromatic rings. The van der Waals surface area contributed by atoms with Crippen molar-refractivity contribution in [2.24, 2.45) is 0 Å². The fourth-order valence-electron chi connectivity index (χ4n) is 0.996. The molecule has 3 heteroatoms. The van der Waals surface area contributed by atoms with Crippen molar-refractivity contribution in [1.29, 1.82) is 0 Å². The molecular formula is C11H19NO2. The highest BCUT2D eigenvalue weighted by atomic mass is 16.5. The lowest BCUT2D eigenvalue weighted by atomic mass is 10.2. The lowest BCUT2D eigenvalue weighted by molar-refractivity contribution is 0.355. The quantitative estimate of drug-likeness (QED) is 0.741. The van der Waals surface area contributed by atoms with Gasteiger partial charge in [0.05, 0.1) is 14.2 Å². The van der Waals surface area contributed by atoms with E-state index in [0.717, 1.165) is 5.56 Å². The third-order valence-electron chi connectivity index (χ3n) is 1.77. The van der Waals surface area contributed by atoms with E-state index >= 15 is 0 Å². The first-order valence-electron chi connectivity index (χ1n) is 4.67. The number of nitrogens with two attached hydrogens (primary N) is 1. The molecule has 14 heavy (non-hydrogen) atoms. The van der Waals surface area contributed by atoms with Gasteiger partial charge in [-0.2, -0.15) is 0 Å². The van der Waals surface area contributed by atoms with Gasteiger partial charge in [0.15, 0.2) is 11.5 Å². The largest absolute Gasteiger partial charge is 0.493 e. The van der Waals surface area contributed by atoms with Gasteiger partial charge in [0.1, 0.15) is 0 Å². The first-order chi connectivity index (χ1) is 6.69. The Morgan fingerprint density at radius 3 is 1.86 bits per heavy atom. The van der Waals surface area contributed by atoms with E-state index in [1.165, 1.54) is 0 Å². The van der Waals surface area contributed by atoms with E-state index < -0.39 is 0 Å². The molecule has 0 fully saturated rings. The Bertz CT molecular complexity index is 256. The molecule has 1 rings (SSSR count). The van der Waals surface area contributed by atoms with Crippen LogP contribution in [0.4, 0.5) is 5.69 Å². The maximum atomic E-state index is 5.68. The molecule has 0 unspecified atom stereocenters. The van der Waals surface area contributed by atoms with Crippen LogP contribution in [0.5, 0.6) is 11.5 Å². The number of benzene rings is 1. The summed E-state index contributed by atoms with van der Waals surface area (Å²) in [6, 6.07) is 3.61. The minimum absolute atomic E-state index is 0.667. The number of hydrogen-bond acceptors (Lipinski definition) is 3. The van der Waals surface area contributed by atoms with Crippen molar-refractivity contribution >= 4 is 5.69 Å². The van der Waals surface area contributed by atoms with Gasteiger partial charge < -0.3 is 15.2 Å². The normalized spacial score (nSPS) is 8.64. The molecule has 0 atom stereocenters. The van der Waals surface area contributed by atoms with E-state index in [9.17, 15) is 0 Å². The van der Waals surface area contributed by atoms with Crippen LogP contribution in [0, 0.1) is 6.92 Å². The van der Waals surface area contributed by atoms with Crippen LogP contribution < -0.4 is 15.2 Å². The topological polar surface area (TPSA) is 44.5 Å². The third-order valence-corrected chi connectivity index (χ3v) is 1.77. The zero-order chi connectivity index (χ0) is 11.1. The summed E-state index contributed by atoms with van der Waals surface area (Å²) in [5, 5.41) is 0. The van der Waals surface area contributed by atoms with Gasteiger partial charge >= 0.3 is 0 Å². The standard InChI is InChI=1S/C9H13NO2.C2H6/c1-6-4-8(11-2)9(12-3)5-7(6)10;1-2/h4-5H,10H2,1-3H3;1-2H3. The van der Waals surface area contributed by atoms with Gasteiger partial charge in [-0.1, -0.05) is 13.8 Å². The molecular weight excluding hydrogens is 178 g/mol. The van der Waals surface area contributed by atoms with E-state index in [-0.39, 0.29) is 0 Å². The highest BCUT2D eigenvalue weighted by Gasteiger charge is 2.05. The summed E-state index contributed by atoms with van der Waals surface area (Å²) >= 11 is 0. The van der Waals surface area contributed by atoms with E-state index in [1.54, 1.807) is 20.3 Å². The van der Waals surface area contributed by atoms with Crippen LogP contribution in [0.1, 0.15) is 19.4 Å². The predicted octanol–water partition coefficient (Wildman–Crippen LogP) is 2.62. The summed E-state index contributed by atoms with van der Waals surface area (Å²) in [7, 11) is 3.19. The summed E-state index contributed by atoms with van der Waals surface area (Å²) in [5.41, 5.74) is 7.39. The van der Waals surface area contributed by atoms with Crippen molar-refractivity contribution in [3.63, 3.8) is 0 Å². The average Bonchev–Trinajstić information content (AvgIpc) is 2.24. The number of hydrogen-bond donors (Lipinski definition) is 1. The van der Waals surface area contributed by atoms with Gasteiger partial charge in [0.2, 0.25) is 0 Å². The van der Waals surface area contributed by atoms with Crippen molar-refractivity contribution in [2.45, 2.75) is 20.8 Å². The maximum Gasteiger partial charge on any atom is 0.162 e. The minimum atomic E-state index is 0.667. The number of rotatable bonds is 2. The molecule has 0 spiro atoms. The highest BCUT2D eigenvalue weighted by molar-refractivity contribution is 5.57. The van der Waals surface area contributed by atoms with Crippen molar-refractivity contribution in [1.82, 2.24) is 0 Å². The highest BCUT2D eigenvalue weighted by Crippen LogP contribution is 2.31. The first kappa shape index (κ1) is 12.6. The molecule has 3 nitrogen and oxygen atoms in total. The Hall–Kier alpha value is -1.38. The Morgan fingerprint density at radius 1 is 1.00 bits per heavy atom. The van der Waals surface area contributed by atoms with E-state index in [1.807, 2.05) is 26.8 Å². The molecule has 0 aliphatic rings. The van der Waals surface area contributed by atoms with Crippen LogP contribution in [-0.4, -0.2) is 14.2 Å². The van der Waals surface area contributed by atoms with Gasteiger partial charge in [-0.15, -0.1) is 0 Å². The van der Waals surface area contributed by atoms with Crippen molar-refractivity contribution < 1.29 is 9.47 Å². The van der Waals surface area contributed by atoms with Crippen LogP contribution in [0.15, 0.2) is 12.1 Å². The summed E-state index contributed by atoms with van der Waals surface area (Å²) in [6.07, 6.45) is 0. The molecule has 0 aliphatic carbocycles. The second kappa shape index (κ2) is 6.13. The number of aryl methyl sites for hydroxylation is 1. The second-order valence-electron chi connectivity index (χ2n) is 2.56. The fraction of sp³-hybridized carbons (Fsp3) is 0.455. The molecule has 0 saturated carbocycles. The number of methoxy groups -OCH3 is 2. The fourth-order valence-corrected chi connectivity index (χ4v) is 0.996. The monoisotopic (exact) mass is 197 g/mol. The lowest BCUT2D eigenvalue weighted by Crippen LogP contribution is -1.95. The molecule has 0 saturated heterocycles. The third kappa shape index (κ3) is 2.83. The van der Waals surface area contributed by atoms with Crippen LogP contribution in [0.2, 0.25) is 0 Å². The van der Waals surface area contributed by atoms with Gasteiger partial charge in [-0.05, 0) is 18.6 Å². The molecule has 0 amide bonds. The van der Waals surface area contributed by atoms with E-state index in [2.05, 4.69) is 0 Å². The van der Waals surface area contributed by atoms with Crippen molar-refractivity contribution in [2.75, 3.05) is 20.0 Å². The second-order valence-corrected chi connectivity index (χ2v) is 2.56. The van der Waals surface area contributed by atoms with Gasteiger partial charge in [-0.3, -0.25) is 0 Å². The predicted molar refractivity (Wildman–Crippen MR) is 60.0 cm³/mol. The summed E-state index contributed by atoms with van der Waals surface area (Å²) < 4.78 is 10.2. The van der Waals surface area contributed by atoms with Crippen molar-refractivity contribution in [3.8, 4) is 11.5 Å². The smallest absolute Gasteiger partial charge is 0.162 e. The molecule has 80 valence electrons. The van der Waals surface area contributed by atoms with Gasteiger partial charge in [0, 0.05) is 11.8 Å². The summed E-state index contributed by atoms with van der Waals surface area (Å²) in [6.45, 7) is 5.93. The van der Waals surface area contributed by atoms with Gasteiger partial charge in [-0.25, -0.2) is 0 Å². The Morgan fingerprint density at radius 2 is 1.43 bits per heavy atom. The van der Waals surface area contributed by atoms with E-state index in [4.69, 9.17) is 15.2 Å². The molecule has 1 aromatic carbocycles. The number of nitrogen functional groups attached to an aromatic ring is 1. The molecule has 0 radical (unpaired) electrons. The Labute approximate surface area is 85.8 Å². The molecule has 0 bridgehead atoms. The van der Waals surface area contributed by atoms with Crippen LogP contribution in [-0.2, 0) is 0 Å². The summed E-state index contributed by atoms with van der Waals surface area (Å²) in [5.74, 6) is 1.38. The SMILES string of the molecule is CC.COc1cc(C)c(N)cc1OC. The van der Waals surface area contributed by atoms with E-state index in [0.29, 0.717) is 17.2 Å². The minimum Gasteiger partial charge on any atom is -0.493 e. The van der Waals surface area contributed by atoms with Crippen LogP contribution >= 0.6 is 0 Å². The Kier molecular flexibility index (Phi) is 5.53. The van der Waals surface area contributed by atoms with Gasteiger partial charge in [0.25, 0.3) is 0 Å². The number of anilines is 1. The average molecular weight is 197 g/mol. The maximum absolute atomic E-state index is 5.68. The molecule has 0 heterocycles. The lowest BCUT2D eigenvalue weighted by Gasteiger charge is -2.09. The number of ether oxygens (including phenoxy) is 2. The zero-order valence-corrected chi connectivity index (χ0v) is 9.55. The first-order valence-corrected chi connectivity index (χ1v) is 4.67. The molecule has 2 N–H and O–H groups in total. The molecule has 0 aliphatic heterocycles. The molecule has 0 aromatic heterocycles. The van der Waals surface area contributed by atoms with Crippen molar-refractivity contribution in [3.05, 3.63) is 17.7 Å². The Balaban J connectivity index is 0.000000791. The summed E-state index contributed by atoms with van der Waals surface area (Å²) in [4.78, 5) is 0.